The highest BCUT2D eigenvalue weighted by molar-refractivity contribution is 6.30. The molecule has 0 saturated carbocycles. The van der Waals surface area contributed by atoms with Crippen LogP contribution in [0.3, 0.4) is 0 Å². The van der Waals surface area contributed by atoms with Crippen LogP contribution < -0.4 is 15.1 Å². The molecular formula is C22H23ClN4O4. The molecule has 3 amide bonds. The molecule has 2 aliphatic heterocycles. The number of nitrogens with zero attached hydrogens (tertiary/aromatic N) is 3. The Morgan fingerprint density at radius 3 is 2.35 bits per heavy atom. The molecule has 0 radical (unpaired) electrons. The Morgan fingerprint density at radius 2 is 1.71 bits per heavy atom. The van der Waals surface area contributed by atoms with Gasteiger partial charge in [0.1, 0.15) is 6.61 Å². The first-order chi connectivity index (χ1) is 15.0. The number of cyclic esters (lactones) is 1. The van der Waals surface area contributed by atoms with Crippen LogP contribution >= 0.6 is 11.6 Å². The van der Waals surface area contributed by atoms with E-state index in [1.54, 1.807) is 29.2 Å². The van der Waals surface area contributed by atoms with Crippen molar-refractivity contribution in [2.45, 2.75) is 0 Å². The summed E-state index contributed by atoms with van der Waals surface area (Å²) in [5, 5.41) is 3.36. The number of rotatable bonds is 5. The number of nitrogens with one attached hydrogen (secondary N) is 1. The molecule has 0 atom stereocenters. The number of ether oxygens (including phenoxy) is 1. The maximum atomic E-state index is 12.5. The number of halogens is 1. The lowest BCUT2D eigenvalue weighted by atomic mass is 10.2. The second-order valence-electron chi connectivity index (χ2n) is 7.34. The lowest BCUT2D eigenvalue weighted by molar-refractivity contribution is -0.130. The summed E-state index contributed by atoms with van der Waals surface area (Å²) in [7, 11) is 0. The number of hydrogen-bond donors (Lipinski definition) is 1. The maximum Gasteiger partial charge on any atom is 0.414 e. The Bertz CT molecular complexity index is 974. The largest absolute Gasteiger partial charge is 0.447 e. The normalized spacial score (nSPS) is 16.3. The van der Waals surface area contributed by atoms with Gasteiger partial charge in [0.2, 0.25) is 5.91 Å². The Morgan fingerprint density at radius 1 is 0.968 bits per heavy atom. The minimum absolute atomic E-state index is 0.0593. The second-order valence-corrected chi connectivity index (χ2v) is 7.78. The molecule has 4 rings (SSSR count). The highest BCUT2D eigenvalue weighted by Gasteiger charge is 2.24. The van der Waals surface area contributed by atoms with E-state index in [1.807, 2.05) is 24.3 Å². The summed E-state index contributed by atoms with van der Waals surface area (Å²) in [4.78, 5) is 42.0. The minimum atomic E-state index is -0.391. The molecule has 2 aromatic carbocycles. The SMILES string of the molecule is O=C(NCC(=O)N1CCN(c2cccc(Cl)c2)CC1)c1ccc(N2CCOC2=O)cc1. The fourth-order valence-electron chi connectivity index (χ4n) is 3.68. The molecule has 2 aromatic rings. The molecule has 9 heteroatoms. The van der Waals surface area contributed by atoms with Crippen LogP contribution in [0.25, 0.3) is 0 Å². The molecule has 1 N–H and O–H groups in total. The van der Waals surface area contributed by atoms with Crippen molar-refractivity contribution in [3.63, 3.8) is 0 Å². The van der Waals surface area contributed by atoms with E-state index in [-0.39, 0.29) is 18.4 Å². The standard InChI is InChI=1S/C22H23ClN4O4/c23-17-2-1-3-19(14-17)25-8-10-26(11-9-25)20(28)15-24-21(29)16-4-6-18(7-5-16)27-12-13-31-22(27)30/h1-7,14H,8-13,15H2,(H,24,29). The third-order valence-electron chi connectivity index (χ3n) is 5.41. The van der Waals surface area contributed by atoms with Crippen molar-refractivity contribution >= 4 is 40.9 Å². The smallest absolute Gasteiger partial charge is 0.414 e. The summed E-state index contributed by atoms with van der Waals surface area (Å²) < 4.78 is 4.91. The quantitative estimate of drug-likeness (QED) is 0.768. The maximum absolute atomic E-state index is 12.5. The van der Waals surface area contributed by atoms with E-state index >= 15 is 0 Å². The molecule has 0 bridgehead atoms. The van der Waals surface area contributed by atoms with E-state index in [0.29, 0.717) is 55.6 Å². The molecule has 2 heterocycles. The van der Waals surface area contributed by atoms with E-state index in [9.17, 15) is 14.4 Å². The first-order valence-electron chi connectivity index (χ1n) is 10.1. The third-order valence-corrected chi connectivity index (χ3v) is 5.64. The zero-order chi connectivity index (χ0) is 21.8. The van der Waals surface area contributed by atoms with Crippen LogP contribution in [0, 0.1) is 0 Å². The highest BCUT2D eigenvalue weighted by Crippen LogP contribution is 2.21. The number of carbonyl (C=O) groups is 3. The molecule has 0 aliphatic carbocycles. The zero-order valence-electron chi connectivity index (χ0n) is 16.9. The van der Waals surface area contributed by atoms with Crippen LogP contribution in [0.15, 0.2) is 48.5 Å². The number of amides is 3. The first kappa shape index (κ1) is 21.0. The van der Waals surface area contributed by atoms with Crippen molar-refractivity contribution in [1.82, 2.24) is 10.2 Å². The van der Waals surface area contributed by atoms with Crippen molar-refractivity contribution in [2.75, 3.05) is 55.7 Å². The number of benzene rings is 2. The Hall–Kier alpha value is -3.26. The number of carbonyl (C=O) groups excluding carboxylic acids is 3. The number of piperazine rings is 1. The van der Waals surface area contributed by atoms with Crippen LogP contribution in [0.2, 0.25) is 5.02 Å². The molecule has 162 valence electrons. The van der Waals surface area contributed by atoms with Gasteiger partial charge in [0, 0.05) is 48.1 Å². The summed E-state index contributed by atoms with van der Waals surface area (Å²) in [5.74, 6) is -0.447. The van der Waals surface area contributed by atoms with Gasteiger partial charge in [-0.1, -0.05) is 17.7 Å². The van der Waals surface area contributed by atoms with E-state index in [1.165, 1.54) is 4.90 Å². The van der Waals surface area contributed by atoms with Crippen LogP contribution in [0.4, 0.5) is 16.2 Å². The van der Waals surface area contributed by atoms with Gasteiger partial charge in [-0.2, -0.15) is 0 Å². The topological polar surface area (TPSA) is 82.2 Å². The van der Waals surface area contributed by atoms with Crippen LogP contribution in [-0.2, 0) is 9.53 Å². The monoisotopic (exact) mass is 442 g/mol. The molecular weight excluding hydrogens is 420 g/mol. The van der Waals surface area contributed by atoms with Crippen molar-refractivity contribution in [1.29, 1.82) is 0 Å². The van der Waals surface area contributed by atoms with Gasteiger partial charge in [-0.3, -0.25) is 14.5 Å². The van der Waals surface area contributed by atoms with E-state index in [0.717, 1.165) is 5.69 Å². The van der Waals surface area contributed by atoms with Gasteiger partial charge < -0.3 is 19.9 Å². The van der Waals surface area contributed by atoms with Gasteiger partial charge in [-0.25, -0.2) is 4.79 Å². The minimum Gasteiger partial charge on any atom is -0.447 e. The van der Waals surface area contributed by atoms with Gasteiger partial charge in [0.05, 0.1) is 13.1 Å². The van der Waals surface area contributed by atoms with Crippen molar-refractivity contribution in [3.05, 3.63) is 59.1 Å². The molecule has 0 aromatic heterocycles. The molecule has 31 heavy (non-hydrogen) atoms. The zero-order valence-corrected chi connectivity index (χ0v) is 17.7. The highest BCUT2D eigenvalue weighted by atomic mass is 35.5. The predicted octanol–water partition coefficient (Wildman–Crippen LogP) is 2.38. The lowest BCUT2D eigenvalue weighted by Crippen LogP contribution is -2.51. The van der Waals surface area contributed by atoms with E-state index < -0.39 is 6.09 Å². The van der Waals surface area contributed by atoms with E-state index in [2.05, 4.69) is 10.2 Å². The molecule has 0 unspecified atom stereocenters. The first-order valence-corrected chi connectivity index (χ1v) is 10.5. The Kier molecular flexibility index (Phi) is 6.27. The van der Waals surface area contributed by atoms with Crippen LogP contribution in [0.1, 0.15) is 10.4 Å². The van der Waals surface area contributed by atoms with Crippen molar-refractivity contribution in [2.24, 2.45) is 0 Å². The van der Waals surface area contributed by atoms with Gasteiger partial charge in [-0.15, -0.1) is 0 Å². The average molecular weight is 443 g/mol. The average Bonchev–Trinajstić information content (AvgIpc) is 3.23. The second kappa shape index (κ2) is 9.26. The molecule has 2 aliphatic rings. The summed E-state index contributed by atoms with van der Waals surface area (Å²) in [5.41, 5.74) is 2.14. The van der Waals surface area contributed by atoms with Gasteiger partial charge >= 0.3 is 6.09 Å². The number of anilines is 2. The molecule has 2 fully saturated rings. The summed E-state index contributed by atoms with van der Waals surface area (Å²) >= 11 is 6.06. The summed E-state index contributed by atoms with van der Waals surface area (Å²) in [6.45, 7) is 3.38. The predicted molar refractivity (Wildman–Crippen MR) is 118 cm³/mol. The van der Waals surface area contributed by atoms with E-state index in [4.69, 9.17) is 16.3 Å². The molecule has 2 saturated heterocycles. The van der Waals surface area contributed by atoms with Crippen LogP contribution in [-0.4, -0.2) is 68.7 Å². The van der Waals surface area contributed by atoms with Crippen LogP contribution in [0.5, 0.6) is 0 Å². The lowest BCUT2D eigenvalue weighted by Gasteiger charge is -2.36. The van der Waals surface area contributed by atoms with Crippen molar-refractivity contribution < 1.29 is 19.1 Å². The summed E-state index contributed by atoms with van der Waals surface area (Å²) in [6.07, 6.45) is -0.391. The Labute approximate surface area is 185 Å². The Balaban J connectivity index is 1.25. The number of hydrogen-bond acceptors (Lipinski definition) is 5. The van der Waals surface area contributed by atoms with Gasteiger partial charge in [0.15, 0.2) is 0 Å². The van der Waals surface area contributed by atoms with Gasteiger partial charge in [0.25, 0.3) is 5.91 Å². The fraction of sp³-hybridized carbons (Fsp3) is 0.318. The summed E-state index contributed by atoms with van der Waals surface area (Å²) in [6, 6.07) is 14.3. The fourth-order valence-corrected chi connectivity index (χ4v) is 3.86. The molecule has 8 nitrogen and oxygen atoms in total. The van der Waals surface area contributed by atoms with Gasteiger partial charge in [-0.05, 0) is 42.5 Å². The third kappa shape index (κ3) is 4.91. The molecule has 0 spiro atoms. The van der Waals surface area contributed by atoms with Crippen molar-refractivity contribution in [3.8, 4) is 0 Å².